The molecule has 0 amide bonds. The number of benzene rings is 2. The van der Waals surface area contributed by atoms with Gasteiger partial charge in [-0.15, -0.1) is 0 Å². The van der Waals surface area contributed by atoms with E-state index < -0.39 is 5.92 Å². The van der Waals surface area contributed by atoms with Gasteiger partial charge in [0, 0.05) is 23.3 Å². The van der Waals surface area contributed by atoms with Gasteiger partial charge in [0.15, 0.2) is 5.78 Å². The summed E-state index contributed by atoms with van der Waals surface area (Å²) in [4.78, 5) is 13.1. The number of carbonyl (C=O) groups is 1. The second kappa shape index (κ2) is 7.23. The van der Waals surface area contributed by atoms with Gasteiger partial charge in [-0.3, -0.25) is 4.79 Å². The summed E-state index contributed by atoms with van der Waals surface area (Å²) in [5, 5.41) is 30.7. The lowest BCUT2D eigenvalue weighted by molar-refractivity contribution is 0.0888. The molecule has 0 fully saturated rings. The standard InChI is InChI=1S/C21H22O6/c1-11(2)4-6-14-17(23)9-18(24)19-20(25)15(10-27-21(14)19)13-7-5-12(26-3)8-16(13)22/h4-5,7-9,15,22-24H,6,10H2,1-3H3. The van der Waals surface area contributed by atoms with E-state index in [1.807, 2.05) is 19.9 Å². The molecule has 0 aliphatic carbocycles. The maximum Gasteiger partial charge on any atom is 0.181 e. The average molecular weight is 370 g/mol. The highest BCUT2D eigenvalue weighted by Gasteiger charge is 2.36. The van der Waals surface area contributed by atoms with Crippen LogP contribution in [0.1, 0.15) is 41.3 Å². The number of ketones is 1. The Morgan fingerprint density at radius 2 is 1.93 bits per heavy atom. The number of aromatic hydroxyl groups is 3. The van der Waals surface area contributed by atoms with Crippen LogP contribution < -0.4 is 9.47 Å². The molecule has 6 heteroatoms. The quantitative estimate of drug-likeness (QED) is 0.711. The predicted octanol–water partition coefficient (Wildman–Crippen LogP) is 3.68. The molecular weight excluding hydrogens is 348 g/mol. The molecule has 1 aliphatic rings. The lowest BCUT2D eigenvalue weighted by Crippen LogP contribution is -2.27. The molecule has 2 aromatic rings. The predicted molar refractivity (Wildman–Crippen MR) is 100 cm³/mol. The highest BCUT2D eigenvalue weighted by atomic mass is 16.5. The minimum Gasteiger partial charge on any atom is -0.508 e. The molecule has 2 aromatic carbocycles. The van der Waals surface area contributed by atoms with E-state index in [1.165, 1.54) is 13.2 Å². The van der Waals surface area contributed by atoms with Gasteiger partial charge in [-0.2, -0.15) is 0 Å². The van der Waals surface area contributed by atoms with Gasteiger partial charge in [0.05, 0.1) is 13.0 Å². The van der Waals surface area contributed by atoms with Crippen molar-refractivity contribution in [3.05, 3.63) is 52.6 Å². The summed E-state index contributed by atoms with van der Waals surface area (Å²) < 4.78 is 10.9. The Morgan fingerprint density at radius 3 is 2.56 bits per heavy atom. The first kappa shape index (κ1) is 18.6. The zero-order chi connectivity index (χ0) is 19.7. The molecule has 27 heavy (non-hydrogen) atoms. The molecule has 3 N–H and O–H groups in total. The van der Waals surface area contributed by atoms with E-state index in [4.69, 9.17) is 9.47 Å². The summed E-state index contributed by atoms with van der Waals surface area (Å²) in [6.45, 7) is 3.85. The summed E-state index contributed by atoms with van der Waals surface area (Å²) in [7, 11) is 1.48. The van der Waals surface area contributed by atoms with Crippen molar-refractivity contribution < 1.29 is 29.6 Å². The molecule has 6 nitrogen and oxygen atoms in total. The highest BCUT2D eigenvalue weighted by molar-refractivity contribution is 6.07. The number of allylic oxidation sites excluding steroid dienone is 2. The molecule has 0 saturated carbocycles. The summed E-state index contributed by atoms with van der Waals surface area (Å²) in [6.07, 6.45) is 2.28. The van der Waals surface area contributed by atoms with Gasteiger partial charge >= 0.3 is 0 Å². The third-order valence-electron chi connectivity index (χ3n) is 4.62. The van der Waals surface area contributed by atoms with Crippen LogP contribution in [-0.4, -0.2) is 34.8 Å². The van der Waals surface area contributed by atoms with E-state index in [0.717, 1.165) is 11.6 Å². The van der Waals surface area contributed by atoms with Crippen molar-refractivity contribution in [2.75, 3.05) is 13.7 Å². The van der Waals surface area contributed by atoms with E-state index >= 15 is 0 Å². The molecule has 1 heterocycles. The zero-order valence-electron chi connectivity index (χ0n) is 15.4. The van der Waals surface area contributed by atoms with Gasteiger partial charge in [-0.25, -0.2) is 0 Å². The van der Waals surface area contributed by atoms with Crippen LogP contribution in [0, 0.1) is 0 Å². The van der Waals surface area contributed by atoms with E-state index in [1.54, 1.807) is 12.1 Å². The van der Waals surface area contributed by atoms with Crippen molar-refractivity contribution >= 4 is 5.78 Å². The van der Waals surface area contributed by atoms with E-state index in [9.17, 15) is 20.1 Å². The number of hydrogen-bond donors (Lipinski definition) is 3. The molecule has 3 rings (SSSR count). The first-order valence-electron chi connectivity index (χ1n) is 8.58. The van der Waals surface area contributed by atoms with Crippen molar-refractivity contribution in [3.8, 4) is 28.7 Å². The van der Waals surface area contributed by atoms with Crippen LogP contribution in [0.3, 0.4) is 0 Å². The van der Waals surface area contributed by atoms with Gasteiger partial charge in [0.25, 0.3) is 0 Å². The first-order chi connectivity index (χ1) is 12.8. The van der Waals surface area contributed by atoms with Crippen molar-refractivity contribution in [1.82, 2.24) is 0 Å². The fourth-order valence-corrected chi connectivity index (χ4v) is 3.17. The number of phenolic OH excluding ortho intramolecular Hbond substituents is 3. The van der Waals surface area contributed by atoms with Crippen LogP contribution in [0.4, 0.5) is 0 Å². The van der Waals surface area contributed by atoms with Crippen molar-refractivity contribution in [3.63, 3.8) is 0 Å². The SMILES string of the molecule is COc1ccc(C2COc3c(CC=C(C)C)c(O)cc(O)c3C2=O)c(O)c1. The van der Waals surface area contributed by atoms with Crippen LogP contribution in [0.25, 0.3) is 0 Å². The van der Waals surface area contributed by atoms with Gasteiger partial charge in [-0.05, 0) is 26.3 Å². The number of methoxy groups -OCH3 is 1. The second-order valence-electron chi connectivity index (χ2n) is 6.74. The summed E-state index contributed by atoms with van der Waals surface area (Å²) >= 11 is 0. The molecule has 0 aromatic heterocycles. The molecular formula is C21H22O6. The Morgan fingerprint density at radius 1 is 1.19 bits per heavy atom. The molecule has 0 bridgehead atoms. The number of hydrogen-bond acceptors (Lipinski definition) is 6. The van der Waals surface area contributed by atoms with Crippen LogP contribution in [-0.2, 0) is 6.42 Å². The van der Waals surface area contributed by atoms with Crippen molar-refractivity contribution in [2.45, 2.75) is 26.2 Å². The Bertz CT molecular complexity index is 925. The summed E-state index contributed by atoms with van der Waals surface area (Å²) in [5.41, 5.74) is 1.93. The molecule has 1 aliphatic heterocycles. The van der Waals surface area contributed by atoms with Crippen LogP contribution in [0.15, 0.2) is 35.9 Å². The van der Waals surface area contributed by atoms with Crippen LogP contribution >= 0.6 is 0 Å². The Hall–Kier alpha value is -3.15. The van der Waals surface area contributed by atoms with E-state index in [2.05, 4.69) is 0 Å². The lowest BCUT2D eigenvalue weighted by atomic mass is 9.86. The summed E-state index contributed by atoms with van der Waals surface area (Å²) in [6, 6.07) is 5.83. The maximum absolute atomic E-state index is 13.1. The lowest BCUT2D eigenvalue weighted by Gasteiger charge is -2.27. The minimum absolute atomic E-state index is 0.00353. The molecule has 0 radical (unpaired) electrons. The zero-order valence-corrected chi connectivity index (χ0v) is 15.4. The van der Waals surface area contributed by atoms with Crippen molar-refractivity contribution in [2.24, 2.45) is 0 Å². The average Bonchev–Trinajstić information content (AvgIpc) is 2.61. The van der Waals surface area contributed by atoms with Crippen molar-refractivity contribution in [1.29, 1.82) is 0 Å². The number of fused-ring (bicyclic) bond motifs is 1. The molecule has 0 spiro atoms. The largest absolute Gasteiger partial charge is 0.508 e. The Labute approximate surface area is 157 Å². The Balaban J connectivity index is 2.05. The molecule has 0 saturated heterocycles. The third kappa shape index (κ3) is 3.43. The van der Waals surface area contributed by atoms with E-state index in [-0.39, 0.29) is 41.0 Å². The monoisotopic (exact) mass is 370 g/mol. The van der Waals surface area contributed by atoms with Gasteiger partial charge < -0.3 is 24.8 Å². The van der Waals surface area contributed by atoms with Gasteiger partial charge in [0.2, 0.25) is 0 Å². The third-order valence-corrected chi connectivity index (χ3v) is 4.62. The number of rotatable bonds is 4. The molecule has 142 valence electrons. The van der Waals surface area contributed by atoms with Crippen LogP contribution in [0.5, 0.6) is 28.7 Å². The molecule has 1 atom stereocenters. The maximum atomic E-state index is 13.1. The topological polar surface area (TPSA) is 96.2 Å². The fourth-order valence-electron chi connectivity index (χ4n) is 3.17. The number of carbonyl (C=O) groups excluding carboxylic acids is 1. The smallest absolute Gasteiger partial charge is 0.181 e. The minimum atomic E-state index is -0.768. The van der Waals surface area contributed by atoms with E-state index in [0.29, 0.717) is 23.3 Å². The number of Topliss-reactive ketones (excluding diaryl/α,β-unsaturated/α-hetero) is 1. The van der Waals surface area contributed by atoms with Crippen LogP contribution in [0.2, 0.25) is 0 Å². The second-order valence-corrected chi connectivity index (χ2v) is 6.74. The Kier molecular flexibility index (Phi) is 4.99. The number of phenols is 3. The first-order valence-corrected chi connectivity index (χ1v) is 8.58. The highest BCUT2D eigenvalue weighted by Crippen LogP contribution is 2.45. The van der Waals surface area contributed by atoms with Gasteiger partial charge in [-0.1, -0.05) is 17.7 Å². The fraction of sp³-hybridized carbons (Fsp3) is 0.286. The number of ether oxygens (including phenoxy) is 2. The molecule has 1 unspecified atom stereocenters. The summed E-state index contributed by atoms with van der Waals surface area (Å²) in [5.74, 6) is -1.02. The normalized spacial score (nSPS) is 15.7. The van der Waals surface area contributed by atoms with Gasteiger partial charge in [0.1, 0.15) is 40.9 Å².